The minimum absolute atomic E-state index is 0.266. The van der Waals surface area contributed by atoms with Gasteiger partial charge in [0.25, 0.3) is 0 Å². The molecule has 0 radical (unpaired) electrons. The molecule has 1 aromatic carbocycles. The first-order chi connectivity index (χ1) is 11.2. The van der Waals surface area contributed by atoms with Crippen molar-refractivity contribution in [2.75, 3.05) is 6.61 Å². The van der Waals surface area contributed by atoms with Gasteiger partial charge < -0.3 is 4.74 Å². The van der Waals surface area contributed by atoms with Crippen LogP contribution in [0, 0.1) is 6.92 Å². The lowest BCUT2D eigenvalue weighted by molar-refractivity contribution is 0.0524. The van der Waals surface area contributed by atoms with Crippen LogP contribution in [0.15, 0.2) is 30.3 Å². The molecule has 0 spiro atoms. The largest absolute Gasteiger partial charge is 0.462 e. The molecule has 23 heavy (non-hydrogen) atoms. The highest BCUT2D eigenvalue weighted by Gasteiger charge is 2.22. The number of nitrogens with zero attached hydrogens (tertiary/aromatic N) is 2. The van der Waals surface area contributed by atoms with E-state index in [9.17, 15) is 4.79 Å². The molecule has 1 aromatic heterocycles. The molecule has 0 saturated heterocycles. The number of hydrogen-bond donors (Lipinski definition) is 0. The van der Waals surface area contributed by atoms with Gasteiger partial charge in [-0.2, -0.15) is 5.10 Å². The predicted octanol–water partition coefficient (Wildman–Crippen LogP) is 4.48. The van der Waals surface area contributed by atoms with Gasteiger partial charge in [0.1, 0.15) is 5.56 Å². The van der Waals surface area contributed by atoms with E-state index in [1.54, 1.807) is 0 Å². The van der Waals surface area contributed by atoms with Crippen molar-refractivity contribution in [3.05, 3.63) is 47.3 Å². The summed E-state index contributed by atoms with van der Waals surface area (Å²) in [6, 6.07) is 9.91. The van der Waals surface area contributed by atoms with Gasteiger partial charge in [0.2, 0.25) is 0 Å². The molecule has 4 heteroatoms. The molecule has 2 aromatic rings. The lowest BCUT2D eigenvalue weighted by Gasteiger charge is -2.05. The SMILES string of the molecule is CCCCCCc1nn(-c2ccccc2)c(C)c1C(=O)OCC. The highest BCUT2D eigenvalue weighted by Crippen LogP contribution is 2.21. The smallest absolute Gasteiger partial charge is 0.341 e. The number of benzene rings is 1. The molecule has 0 N–H and O–H groups in total. The molecule has 1 heterocycles. The van der Waals surface area contributed by atoms with E-state index in [4.69, 9.17) is 9.84 Å². The van der Waals surface area contributed by atoms with Gasteiger partial charge in [-0.3, -0.25) is 0 Å². The van der Waals surface area contributed by atoms with Gasteiger partial charge in [-0.05, 0) is 38.8 Å². The Morgan fingerprint density at radius 2 is 1.87 bits per heavy atom. The molecule has 0 aliphatic heterocycles. The van der Waals surface area contributed by atoms with Gasteiger partial charge in [-0.25, -0.2) is 9.48 Å². The third kappa shape index (κ3) is 4.21. The summed E-state index contributed by atoms with van der Waals surface area (Å²) in [4.78, 5) is 12.3. The Bertz CT molecular complexity index is 632. The number of unbranched alkanes of at least 4 members (excludes halogenated alkanes) is 3. The number of carbonyl (C=O) groups excluding carboxylic acids is 1. The van der Waals surface area contributed by atoms with Crippen LogP contribution in [-0.2, 0) is 11.2 Å². The maximum atomic E-state index is 12.3. The Kier molecular flexibility index (Phi) is 6.39. The normalized spacial score (nSPS) is 10.7. The topological polar surface area (TPSA) is 44.1 Å². The molecular weight excluding hydrogens is 288 g/mol. The molecule has 0 amide bonds. The highest BCUT2D eigenvalue weighted by molar-refractivity contribution is 5.92. The number of ether oxygens (including phenoxy) is 1. The van der Waals surface area contributed by atoms with Gasteiger partial charge in [-0.15, -0.1) is 0 Å². The Hall–Kier alpha value is -2.10. The first-order valence-corrected chi connectivity index (χ1v) is 8.50. The minimum Gasteiger partial charge on any atom is -0.462 e. The lowest BCUT2D eigenvalue weighted by Crippen LogP contribution is -2.08. The van der Waals surface area contributed by atoms with Crippen LogP contribution >= 0.6 is 0 Å². The summed E-state index contributed by atoms with van der Waals surface area (Å²) >= 11 is 0. The molecule has 2 rings (SSSR count). The summed E-state index contributed by atoms with van der Waals surface area (Å²) in [6.45, 7) is 6.33. The number of aromatic nitrogens is 2. The third-order valence-corrected chi connectivity index (χ3v) is 3.94. The second kappa shape index (κ2) is 8.51. The van der Waals surface area contributed by atoms with Gasteiger partial charge >= 0.3 is 5.97 Å². The molecule has 0 aliphatic carbocycles. The fourth-order valence-electron chi connectivity index (χ4n) is 2.74. The molecule has 0 saturated carbocycles. The van der Waals surface area contributed by atoms with E-state index in [1.165, 1.54) is 12.8 Å². The van der Waals surface area contributed by atoms with Crippen LogP contribution in [0.1, 0.15) is 61.3 Å². The summed E-state index contributed by atoms with van der Waals surface area (Å²) in [6.07, 6.45) is 5.44. The Labute approximate surface area is 138 Å². The van der Waals surface area contributed by atoms with Crippen molar-refractivity contribution < 1.29 is 9.53 Å². The zero-order valence-corrected chi connectivity index (χ0v) is 14.3. The molecule has 0 unspecified atom stereocenters. The van der Waals surface area contributed by atoms with E-state index < -0.39 is 0 Å². The van der Waals surface area contributed by atoms with E-state index in [-0.39, 0.29) is 5.97 Å². The average Bonchev–Trinajstić information content (AvgIpc) is 2.89. The number of carbonyl (C=O) groups is 1. The predicted molar refractivity (Wildman–Crippen MR) is 92.1 cm³/mol. The van der Waals surface area contributed by atoms with E-state index >= 15 is 0 Å². The average molecular weight is 314 g/mol. The number of aryl methyl sites for hydroxylation is 1. The van der Waals surface area contributed by atoms with Gasteiger partial charge in [0.05, 0.1) is 23.7 Å². The Morgan fingerprint density at radius 1 is 1.13 bits per heavy atom. The van der Waals surface area contributed by atoms with Gasteiger partial charge in [-0.1, -0.05) is 44.4 Å². The number of hydrogen-bond acceptors (Lipinski definition) is 3. The molecule has 0 aliphatic rings. The molecule has 0 fully saturated rings. The van der Waals surface area contributed by atoms with Crippen LogP contribution in [0.5, 0.6) is 0 Å². The van der Waals surface area contributed by atoms with E-state index in [0.717, 1.165) is 36.3 Å². The fourth-order valence-corrected chi connectivity index (χ4v) is 2.74. The van der Waals surface area contributed by atoms with Crippen molar-refractivity contribution in [1.82, 2.24) is 9.78 Å². The summed E-state index contributed by atoms with van der Waals surface area (Å²) < 4.78 is 7.08. The number of rotatable bonds is 8. The van der Waals surface area contributed by atoms with Crippen molar-refractivity contribution in [3.63, 3.8) is 0 Å². The summed E-state index contributed by atoms with van der Waals surface area (Å²) in [5.74, 6) is -0.266. The third-order valence-electron chi connectivity index (χ3n) is 3.94. The maximum absolute atomic E-state index is 12.3. The van der Waals surface area contributed by atoms with Crippen LogP contribution in [-0.4, -0.2) is 22.4 Å². The Morgan fingerprint density at radius 3 is 2.52 bits per heavy atom. The van der Waals surface area contributed by atoms with E-state index in [0.29, 0.717) is 12.2 Å². The van der Waals surface area contributed by atoms with E-state index in [1.807, 2.05) is 48.9 Å². The molecule has 124 valence electrons. The second-order valence-electron chi connectivity index (χ2n) is 5.69. The highest BCUT2D eigenvalue weighted by atomic mass is 16.5. The minimum atomic E-state index is -0.266. The monoisotopic (exact) mass is 314 g/mol. The van der Waals surface area contributed by atoms with Crippen LogP contribution in [0.4, 0.5) is 0 Å². The van der Waals surface area contributed by atoms with Crippen molar-refractivity contribution in [2.45, 2.75) is 52.9 Å². The molecule has 0 atom stereocenters. The zero-order valence-electron chi connectivity index (χ0n) is 14.3. The van der Waals surface area contributed by atoms with E-state index in [2.05, 4.69) is 6.92 Å². The van der Waals surface area contributed by atoms with Gasteiger partial charge in [0.15, 0.2) is 0 Å². The van der Waals surface area contributed by atoms with Crippen molar-refractivity contribution >= 4 is 5.97 Å². The van der Waals surface area contributed by atoms with Crippen molar-refractivity contribution in [2.24, 2.45) is 0 Å². The lowest BCUT2D eigenvalue weighted by atomic mass is 10.1. The summed E-state index contributed by atoms with van der Waals surface area (Å²) in [7, 11) is 0. The fraction of sp³-hybridized carbons (Fsp3) is 0.474. The van der Waals surface area contributed by atoms with Crippen LogP contribution in [0.3, 0.4) is 0 Å². The zero-order chi connectivity index (χ0) is 16.7. The molecule has 0 bridgehead atoms. The van der Waals surface area contributed by atoms with Gasteiger partial charge in [0, 0.05) is 0 Å². The second-order valence-corrected chi connectivity index (χ2v) is 5.69. The molecular formula is C19H26N2O2. The number of esters is 1. The van der Waals surface area contributed by atoms with Crippen molar-refractivity contribution in [1.29, 1.82) is 0 Å². The van der Waals surface area contributed by atoms with Crippen LogP contribution < -0.4 is 0 Å². The summed E-state index contributed by atoms with van der Waals surface area (Å²) in [5, 5.41) is 4.70. The molecule has 4 nitrogen and oxygen atoms in total. The maximum Gasteiger partial charge on any atom is 0.341 e. The van der Waals surface area contributed by atoms with Crippen LogP contribution in [0.2, 0.25) is 0 Å². The quantitative estimate of drug-likeness (QED) is 0.533. The summed E-state index contributed by atoms with van der Waals surface area (Å²) in [5.41, 5.74) is 3.30. The first kappa shape index (κ1) is 17.3. The Balaban J connectivity index is 2.32. The van der Waals surface area contributed by atoms with Crippen molar-refractivity contribution in [3.8, 4) is 5.69 Å². The standard InChI is InChI=1S/C19H26N2O2/c1-4-6-7-11-14-17-18(19(22)23-5-2)15(3)21(20-17)16-12-9-8-10-13-16/h8-10,12-13H,4-7,11,14H2,1-3H3. The first-order valence-electron chi connectivity index (χ1n) is 8.50. The van der Waals surface area contributed by atoms with Crippen LogP contribution in [0.25, 0.3) is 5.69 Å². The number of para-hydroxylation sites is 1.